The van der Waals surface area contributed by atoms with Gasteiger partial charge < -0.3 is 10.4 Å². The normalized spacial score (nSPS) is 14.9. The molecule has 1 aromatic carbocycles. The van der Waals surface area contributed by atoms with Crippen molar-refractivity contribution >= 4 is 0 Å². The summed E-state index contributed by atoms with van der Waals surface area (Å²) < 4.78 is 0. The van der Waals surface area contributed by atoms with Crippen molar-refractivity contribution < 1.29 is 5.11 Å². The molecule has 84 valence electrons. The van der Waals surface area contributed by atoms with Crippen LogP contribution in [0.3, 0.4) is 0 Å². The van der Waals surface area contributed by atoms with Crippen LogP contribution in [0.5, 0.6) is 0 Å². The molecule has 0 aliphatic rings. The minimum atomic E-state index is 0.0627. The van der Waals surface area contributed by atoms with Gasteiger partial charge in [-0.05, 0) is 18.9 Å². The molecule has 0 aromatic heterocycles. The molecule has 0 heterocycles. The molecule has 1 rings (SSSR count). The molecule has 0 saturated heterocycles. The van der Waals surface area contributed by atoms with E-state index in [1.54, 1.807) is 0 Å². The summed E-state index contributed by atoms with van der Waals surface area (Å²) >= 11 is 0. The summed E-state index contributed by atoms with van der Waals surface area (Å²) in [6.07, 6.45) is 2.31. The molecule has 15 heavy (non-hydrogen) atoms. The molecule has 0 amide bonds. The van der Waals surface area contributed by atoms with Gasteiger partial charge in [0.05, 0.1) is 12.6 Å². The van der Waals surface area contributed by atoms with Crippen LogP contribution in [0.15, 0.2) is 30.3 Å². The number of aliphatic hydroxyl groups is 1. The molecule has 0 saturated carbocycles. The molecule has 0 aliphatic carbocycles. The van der Waals surface area contributed by atoms with E-state index in [9.17, 15) is 5.11 Å². The van der Waals surface area contributed by atoms with Gasteiger partial charge in [0.2, 0.25) is 0 Å². The summed E-state index contributed by atoms with van der Waals surface area (Å²) in [5, 5.41) is 12.8. The van der Waals surface area contributed by atoms with Gasteiger partial charge in [0, 0.05) is 6.04 Å². The maximum absolute atomic E-state index is 9.33. The maximum atomic E-state index is 9.33. The SMILES string of the molecule is CCC[C@H](C)N[C@@H](CO)c1ccccc1. The van der Waals surface area contributed by atoms with Gasteiger partial charge in [-0.1, -0.05) is 43.7 Å². The second kappa shape index (κ2) is 6.59. The predicted octanol–water partition coefficient (Wildman–Crippen LogP) is 2.50. The number of rotatable bonds is 6. The van der Waals surface area contributed by atoms with Crippen LogP contribution >= 0.6 is 0 Å². The highest BCUT2D eigenvalue weighted by atomic mass is 16.3. The van der Waals surface area contributed by atoms with Crippen LogP contribution in [0.4, 0.5) is 0 Å². The lowest BCUT2D eigenvalue weighted by atomic mass is 10.1. The quantitative estimate of drug-likeness (QED) is 0.751. The lowest BCUT2D eigenvalue weighted by molar-refractivity contribution is 0.233. The van der Waals surface area contributed by atoms with Crippen LogP contribution in [0.1, 0.15) is 38.3 Å². The lowest BCUT2D eigenvalue weighted by Gasteiger charge is -2.21. The number of aliphatic hydroxyl groups excluding tert-OH is 1. The fourth-order valence-electron chi connectivity index (χ4n) is 1.80. The van der Waals surface area contributed by atoms with Crippen molar-refractivity contribution in [2.75, 3.05) is 6.61 Å². The van der Waals surface area contributed by atoms with E-state index in [2.05, 4.69) is 19.2 Å². The maximum Gasteiger partial charge on any atom is 0.0626 e. The van der Waals surface area contributed by atoms with Crippen LogP contribution in [0, 0.1) is 0 Å². The number of hydrogen-bond donors (Lipinski definition) is 2. The fraction of sp³-hybridized carbons (Fsp3) is 0.538. The zero-order valence-electron chi connectivity index (χ0n) is 9.61. The van der Waals surface area contributed by atoms with Crippen LogP contribution in [0.25, 0.3) is 0 Å². The Balaban J connectivity index is 2.56. The van der Waals surface area contributed by atoms with Crippen molar-refractivity contribution in [1.82, 2.24) is 5.32 Å². The molecule has 0 radical (unpaired) electrons. The second-order valence-electron chi connectivity index (χ2n) is 4.00. The Hall–Kier alpha value is -0.860. The van der Waals surface area contributed by atoms with Crippen molar-refractivity contribution in [3.63, 3.8) is 0 Å². The van der Waals surface area contributed by atoms with Gasteiger partial charge in [0.1, 0.15) is 0 Å². The lowest BCUT2D eigenvalue weighted by Crippen LogP contribution is -2.32. The van der Waals surface area contributed by atoms with E-state index in [1.165, 1.54) is 6.42 Å². The Labute approximate surface area is 92.3 Å². The molecular formula is C13H21NO. The molecule has 0 spiro atoms. The standard InChI is InChI=1S/C13H21NO/c1-3-7-11(2)14-13(10-15)12-8-5-4-6-9-12/h4-6,8-9,11,13-15H,3,7,10H2,1-2H3/t11-,13-/m0/s1. The molecule has 0 unspecified atom stereocenters. The van der Waals surface area contributed by atoms with Crippen molar-refractivity contribution in [2.45, 2.75) is 38.8 Å². The molecule has 0 aliphatic heterocycles. The first-order chi connectivity index (χ1) is 7.27. The van der Waals surface area contributed by atoms with Crippen LogP contribution in [-0.2, 0) is 0 Å². The first kappa shape index (κ1) is 12.2. The van der Waals surface area contributed by atoms with Crippen molar-refractivity contribution in [3.05, 3.63) is 35.9 Å². The van der Waals surface area contributed by atoms with E-state index in [4.69, 9.17) is 0 Å². The van der Waals surface area contributed by atoms with Gasteiger partial charge in [-0.15, -0.1) is 0 Å². The first-order valence-electron chi connectivity index (χ1n) is 5.69. The largest absolute Gasteiger partial charge is 0.394 e. The first-order valence-corrected chi connectivity index (χ1v) is 5.69. The predicted molar refractivity (Wildman–Crippen MR) is 63.8 cm³/mol. The molecule has 2 nitrogen and oxygen atoms in total. The van der Waals surface area contributed by atoms with Crippen LogP contribution in [-0.4, -0.2) is 17.8 Å². The molecule has 2 heteroatoms. The van der Waals surface area contributed by atoms with Gasteiger partial charge in [0.15, 0.2) is 0 Å². The third-order valence-corrected chi connectivity index (χ3v) is 2.59. The summed E-state index contributed by atoms with van der Waals surface area (Å²) in [6.45, 7) is 4.49. The highest BCUT2D eigenvalue weighted by molar-refractivity contribution is 5.18. The second-order valence-corrected chi connectivity index (χ2v) is 4.00. The minimum Gasteiger partial charge on any atom is -0.394 e. The summed E-state index contributed by atoms with van der Waals surface area (Å²) in [4.78, 5) is 0. The Morgan fingerprint density at radius 3 is 2.47 bits per heavy atom. The smallest absolute Gasteiger partial charge is 0.0626 e. The molecule has 0 fully saturated rings. The number of hydrogen-bond acceptors (Lipinski definition) is 2. The Bertz CT molecular complexity index is 260. The summed E-state index contributed by atoms with van der Waals surface area (Å²) in [7, 11) is 0. The van der Waals surface area contributed by atoms with Gasteiger partial charge in [-0.2, -0.15) is 0 Å². The van der Waals surface area contributed by atoms with Gasteiger partial charge in [0.25, 0.3) is 0 Å². The van der Waals surface area contributed by atoms with Gasteiger partial charge in [-0.25, -0.2) is 0 Å². The molecule has 0 bridgehead atoms. The average molecular weight is 207 g/mol. The molecule has 1 aromatic rings. The van der Waals surface area contributed by atoms with Crippen LogP contribution < -0.4 is 5.32 Å². The third kappa shape index (κ3) is 4.02. The molecule has 2 N–H and O–H groups in total. The van der Waals surface area contributed by atoms with E-state index >= 15 is 0 Å². The van der Waals surface area contributed by atoms with Crippen molar-refractivity contribution in [2.24, 2.45) is 0 Å². The van der Waals surface area contributed by atoms with Gasteiger partial charge in [-0.3, -0.25) is 0 Å². The Morgan fingerprint density at radius 2 is 1.93 bits per heavy atom. The highest BCUT2D eigenvalue weighted by Crippen LogP contribution is 2.13. The van der Waals surface area contributed by atoms with E-state index in [0.29, 0.717) is 6.04 Å². The van der Waals surface area contributed by atoms with E-state index in [1.807, 2.05) is 30.3 Å². The number of nitrogens with one attached hydrogen (secondary N) is 1. The van der Waals surface area contributed by atoms with Crippen molar-refractivity contribution in [1.29, 1.82) is 0 Å². The Morgan fingerprint density at radius 1 is 1.27 bits per heavy atom. The zero-order chi connectivity index (χ0) is 11.1. The number of benzene rings is 1. The average Bonchev–Trinajstić information content (AvgIpc) is 2.27. The summed E-state index contributed by atoms with van der Waals surface area (Å²) in [5.74, 6) is 0. The fourth-order valence-corrected chi connectivity index (χ4v) is 1.80. The Kier molecular flexibility index (Phi) is 5.37. The topological polar surface area (TPSA) is 32.3 Å². The molecular weight excluding hydrogens is 186 g/mol. The third-order valence-electron chi connectivity index (χ3n) is 2.59. The summed E-state index contributed by atoms with van der Waals surface area (Å²) in [5.41, 5.74) is 1.16. The molecule has 2 atom stereocenters. The van der Waals surface area contributed by atoms with E-state index in [0.717, 1.165) is 12.0 Å². The highest BCUT2D eigenvalue weighted by Gasteiger charge is 2.11. The van der Waals surface area contributed by atoms with Crippen molar-refractivity contribution in [3.8, 4) is 0 Å². The van der Waals surface area contributed by atoms with E-state index < -0.39 is 0 Å². The van der Waals surface area contributed by atoms with Gasteiger partial charge >= 0.3 is 0 Å². The minimum absolute atomic E-state index is 0.0627. The van der Waals surface area contributed by atoms with Crippen LogP contribution in [0.2, 0.25) is 0 Å². The summed E-state index contributed by atoms with van der Waals surface area (Å²) in [6, 6.07) is 10.6. The zero-order valence-corrected chi connectivity index (χ0v) is 9.61. The monoisotopic (exact) mass is 207 g/mol. The van der Waals surface area contributed by atoms with E-state index in [-0.39, 0.29) is 12.6 Å².